The summed E-state index contributed by atoms with van der Waals surface area (Å²) in [5.41, 5.74) is 2.17. The number of methoxy groups -OCH3 is 1. The van der Waals surface area contributed by atoms with E-state index < -0.39 is 13.3 Å². The Morgan fingerprint density at radius 1 is 0.889 bits per heavy atom. The number of benzene rings is 2. The molecular weight excluding hydrogens is 393 g/mol. The van der Waals surface area contributed by atoms with Crippen LogP contribution in [0.5, 0.6) is 5.75 Å². The Labute approximate surface area is 166 Å². The first-order valence-electron chi connectivity index (χ1n) is 10.2. The third-order valence-corrected chi connectivity index (χ3v) is 17.0. The topological polar surface area (TPSA) is 26.3 Å². The summed E-state index contributed by atoms with van der Waals surface area (Å²) in [4.78, 5) is 13.0. The molecule has 0 radical (unpaired) electrons. The van der Waals surface area contributed by atoms with Crippen LogP contribution >= 0.6 is 0 Å². The molecule has 0 unspecified atom stereocenters. The molecule has 0 fully saturated rings. The second-order valence-corrected chi connectivity index (χ2v) is 16.4. The average Bonchev–Trinajstić information content (AvgIpc) is 2.72. The molecule has 3 rings (SSSR count). The van der Waals surface area contributed by atoms with Crippen molar-refractivity contribution in [3.63, 3.8) is 0 Å². The first-order valence-corrected chi connectivity index (χ1v) is 15.2. The van der Waals surface area contributed by atoms with E-state index in [2.05, 4.69) is 38.1 Å². The number of fused-ring (bicyclic) bond motifs is 1. The maximum atomic E-state index is 13.0. The minimum absolute atomic E-state index is 0.172. The zero-order valence-electron chi connectivity index (χ0n) is 16.8. The molecule has 0 spiro atoms. The number of unbranched alkanes of at least 4 members (excludes halogenated alkanes) is 2. The van der Waals surface area contributed by atoms with Gasteiger partial charge in [0.2, 0.25) is 0 Å². The van der Waals surface area contributed by atoms with Gasteiger partial charge in [-0.1, -0.05) is 0 Å². The second kappa shape index (κ2) is 8.92. The molecule has 3 heteroatoms. The molecule has 0 atom stereocenters. The summed E-state index contributed by atoms with van der Waals surface area (Å²) >= 11 is -2.65. The first kappa shape index (κ1) is 19.9. The SMILES string of the molecule is CCC[CH2][Ge]1([CH2]CCC)[C](c2ccc(OC)cc2)=CC(=O)c2cccc[c]21. The predicted octanol–water partition coefficient (Wildman–Crippen LogP) is 5.77. The zero-order chi connectivity index (χ0) is 19.3. The van der Waals surface area contributed by atoms with Gasteiger partial charge in [0.25, 0.3) is 0 Å². The number of hydrogen-bond donors (Lipinski definition) is 0. The summed E-state index contributed by atoms with van der Waals surface area (Å²) in [5.74, 6) is 1.03. The Morgan fingerprint density at radius 3 is 2.11 bits per heavy atom. The van der Waals surface area contributed by atoms with Crippen molar-refractivity contribution >= 4 is 27.9 Å². The molecule has 0 amide bonds. The van der Waals surface area contributed by atoms with Gasteiger partial charge in [-0.3, -0.25) is 0 Å². The predicted molar refractivity (Wildman–Crippen MR) is 117 cm³/mol. The van der Waals surface area contributed by atoms with Crippen molar-refractivity contribution in [2.75, 3.05) is 7.11 Å². The maximum absolute atomic E-state index is 13.0. The van der Waals surface area contributed by atoms with Crippen molar-refractivity contribution < 1.29 is 9.53 Å². The number of carbonyl (C=O) groups is 1. The van der Waals surface area contributed by atoms with Crippen molar-refractivity contribution in [1.29, 1.82) is 0 Å². The van der Waals surface area contributed by atoms with Gasteiger partial charge in [0.05, 0.1) is 0 Å². The summed E-state index contributed by atoms with van der Waals surface area (Å²) < 4.78 is 8.11. The zero-order valence-corrected chi connectivity index (χ0v) is 18.9. The summed E-state index contributed by atoms with van der Waals surface area (Å²) in [6, 6.07) is 16.8. The van der Waals surface area contributed by atoms with Gasteiger partial charge >= 0.3 is 166 Å². The van der Waals surface area contributed by atoms with Crippen LogP contribution in [0.4, 0.5) is 0 Å². The summed E-state index contributed by atoms with van der Waals surface area (Å²) in [6.07, 6.45) is 6.85. The molecule has 1 heterocycles. The molecule has 0 aromatic heterocycles. The third-order valence-electron chi connectivity index (χ3n) is 5.81. The molecule has 2 aromatic carbocycles. The molecule has 0 saturated carbocycles. The summed E-state index contributed by atoms with van der Waals surface area (Å²) in [7, 11) is 1.69. The van der Waals surface area contributed by atoms with Crippen molar-refractivity contribution in [3.05, 3.63) is 65.7 Å². The van der Waals surface area contributed by atoms with Crippen LogP contribution in [-0.4, -0.2) is 26.2 Å². The fourth-order valence-electron chi connectivity index (χ4n) is 4.36. The van der Waals surface area contributed by atoms with E-state index in [9.17, 15) is 4.79 Å². The van der Waals surface area contributed by atoms with Crippen molar-refractivity contribution in [3.8, 4) is 5.75 Å². The van der Waals surface area contributed by atoms with Gasteiger partial charge in [-0.25, -0.2) is 0 Å². The standard InChI is InChI=1S/C24H30GeO2/c1-4-6-16-25(17-7-5-2)22-11-9-8-10-21(22)24(26)18-23(25)19-12-14-20(27-3)15-13-19/h8-15,18H,4-7,16-17H2,1-3H3. The number of carbonyl (C=O) groups excluding carboxylic acids is 1. The fraction of sp³-hybridized carbons (Fsp3) is 0.375. The Kier molecular flexibility index (Phi) is 6.59. The van der Waals surface area contributed by atoms with Gasteiger partial charge in [0.1, 0.15) is 0 Å². The van der Waals surface area contributed by atoms with Crippen LogP contribution in [-0.2, 0) is 0 Å². The average molecular weight is 423 g/mol. The van der Waals surface area contributed by atoms with Gasteiger partial charge in [0, 0.05) is 0 Å². The van der Waals surface area contributed by atoms with Crippen molar-refractivity contribution in [2.24, 2.45) is 0 Å². The molecule has 0 N–H and O–H groups in total. The van der Waals surface area contributed by atoms with Crippen LogP contribution in [0.1, 0.15) is 55.5 Å². The van der Waals surface area contributed by atoms with E-state index in [0.29, 0.717) is 0 Å². The second-order valence-electron chi connectivity index (χ2n) is 7.49. The molecular formula is C24H30GeO2. The molecule has 2 nitrogen and oxygen atoms in total. The van der Waals surface area contributed by atoms with E-state index in [0.717, 1.165) is 11.3 Å². The molecule has 0 bridgehead atoms. The molecule has 0 aliphatic carbocycles. The number of ether oxygens (including phenoxy) is 1. The van der Waals surface area contributed by atoms with Crippen LogP contribution < -0.4 is 9.13 Å². The molecule has 142 valence electrons. The van der Waals surface area contributed by atoms with Crippen LogP contribution in [0.25, 0.3) is 4.41 Å². The van der Waals surface area contributed by atoms with E-state index >= 15 is 0 Å². The van der Waals surface area contributed by atoms with E-state index in [4.69, 9.17) is 4.74 Å². The van der Waals surface area contributed by atoms with Gasteiger partial charge < -0.3 is 0 Å². The van der Waals surface area contributed by atoms with Crippen LogP contribution in [0, 0.1) is 0 Å². The van der Waals surface area contributed by atoms with E-state index in [1.807, 2.05) is 30.3 Å². The normalized spacial score (nSPS) is 15.2. The molecule has 27 heavy (non-hydrogen) atoms. The monoisotopic (exact) mass is 424 g/mol. The van der Waals surface area contributed by atoms with Crippen molar-refractivity contribution in [1.82, 2.24) is 0 Å². The fourth-order valence-corrected chi connectivity index (χ4v) is 16.5. The molecule has 1 aliphatic heterocycles. The molecule has 0 saturated heterocycles. The molecule has 1 aliphatic rings. The van der Waals surface area contributed by atoms with Crippen LogP contribution in [0.2, 0.25) is 10.5 Å². The van der Waals surface area contributed by atoms with Crippen LogP contribution in [0.3, 0.4) is 0 Å². The Bertz CT molecular complexity index is 813. The van der Waals surface area contributed by atoms with Gasteiger partial charge in [-0.15, -0.1) is 0 Å². The third kappa shape index (κ3) is 3.91. The van der Waals surface area contributed by atoms with E-state index in [-0.39, 0.29) is 5.78 Å². The van der Waals surface area contributed by atoms with Crippen LogP contribution in [0.15, 0.2) is 54.6 Å². The van der Waals surface area contributed by atoms with E-state index in [1.165, 1.54) is 50.6 Å². The number of hydrogen-bond acceptors (Lipinski definition) is 2. The van der Waals surface area contributed by atoms with E-state index in [1.54, 1.807) is 7.11 Å². The van der Waals surface area contributed by atoms with Gasteiger partial charge in [-0.2, -0.15) is 0 Å². The Hall–Kier alpha value is -1.81. The minimum atomic E-state index is -2.65. The number of allylic oxidation sites excluding steroid dienone is 1. The number of ketones is 1. The quantitative estimate of drug-likeness (QED) is 0.504. The summed E-state index contributed by atoms with van der Waals surface area (Å²) in [5, 5.41) is 2.53. The first-order chi connectivity index (χ1) is 13.2. The number of rotatable bonds is 8. The Morgan fingerprint density at radius 2 is 1.52 bits per heavy atom. The Balaban J connectivity index is 2.18. The summed E-state index contributed by atoms with van der Waals surface area (Å²) in [6.45, 7) is 4.54. The molecule has 2 aromatic rings. The van der Waals surface area contributed by atoms with Gasteiger partial charge in [0.15, 0.2) is 0 Å². The van der Waals surface area contributed by atoms with Crippen molar-refractivity contribution in [2.45, 2.75) is 50.0 Å². The van der Waals surface area contributed by atoms with Gasteiger partial charge in [-0.05, 0) is 0 Å².